The standard InChI is InChI=1S/C17H21ClO4/c1-3-16(22-11-12-10-21-12)14-6-5-7-15(18)13(14)8-9-17(19)20-4-2/h5-9,12,16H,3-4,10-11H2,1-2H3/t12-,16-/m1/s1. The molecule has 0 aromatic heterocycles. The van der Waals surface area contributed by atoms with Gasteiger partial charge in [-0.05, 0) is 36.6 Å². The fourth-order valence-electron chi connectivity index (χ4n) is 2.17. The number of esters is 1. The quantitative estimate of drug-likeness (QED) is 0.415. The average Bonchev–Trinajstić information content (AvgIpc) is 3.31. The summed E-state index contributed by atoms with van der Waals surface area (Å²) in [7, 11) is 0. The van der Waals surface area contributed by atoms with Crippen LogP contribution in [0, 0.1) is 0 Å². The van der Waals surface area contributed by atoms with E-state index >= 15 is 0 Å². The molecule has 0 radical (unpaired) electrons. The molecule has 0 spiro atoms. The second kappa shape index (κ2) is 8.32. The molecule has 1 aliphatic rings. The Kier molecular flexibility index (Phi) is 6.43. The van der Waals surface area contributed by atoms with E-state index < -0.39 is 0 Å². The van der Waals surface area contributed by atoms with Gasteiger partial charge in [0.05, 0.1) is 25.9 Å². The molecule has 1 fully saturated rings. The first-order chi connectivity index (χ1) is 10.7. The number of carbonyl (C=O) groups excluding carboxylic acids is 1. The predicted octanol–water partition coefficient (Wildman–Crippen LogP) is 3.78. The van der Waals surface area contributed by atoms with Crippen LogP contribution in [-0.4, -0.2) is 31.9 Å². The highest BCUT2D eigenvalue weighted by Gasteiger charge is 2.25. The Labute approximate surface area is 136 Å². The number of carbonyl (C=O) groups is 1. The minimum Gasteiger partial charge on any atom is -0.463 e. The lowest BCUT2D eigenvalue weighted by Gasteiger charge is -2.19. The molecule has 1 heterocycles. The minimum absolute atomic E-state index is 0.0789. The number of epoxide rings is 1. The topological polar surface area (TPSA) is 48.1 Å². The summed E-state index contributed by atoms with van der Waals surface area (Å²) < 4.78 is 16.0. The molecule has 0 amide bonds. The maximum atomic E-state index is 11.5. The summed E-state index contributed by atoms with van der Waals surface area (Å²) in [5, 5.41) is 0.586. The van der Waals surface area contributed by atoms with Crippen molar-refractivity contribution in [2.24, 2.45) is 0 Å². The Balaban J connectivity index is 2.17. The highest BCUT2D eigenvalue weighted by atomic mass is 35.5. The van der Waals surface area contributed by atoms with E-state index in [1.807, 2.05) is 12.1 Å². The van der Waals surface area contributed by atoms with E-state index in [1.165, 1.54) is 6.08 Å². The van der Waals surface area contributed by atoms with Gasteiger partial charge >= 0.3 is 5.97 Å². The first kappa shape index (κ1) is 17.0. The predicted molar refractivity (Wildman–Crippen MR) is 85.8 cm³/mol. The number of ether oxygens (including phenoxy) is 3. The zero-order valence-electron chi connectivity index (χ0n) is 12.9. The summed E-state index contributed by atoms with van der Waals surface area (Å²) in [6.45, 7) is 5.51. The molecule has 1 aromatic carbocycles. The van der Waals surface area contributed by atoms with Crippen molar-refractivity contribution >= 4 is 23.6 Å². The van der Waals surface area contributed by atoms with E-state index in [-0.39, 0.29) is 18.2 Å². The summed E-state index contributed by atoms with van der Waals surface area (Å²) in [6, 6.07) is 5.66. The van der Waals surface area contributed by atoms with E-state index in [4.69, 9.17) is 25.8 Å². The first-order valence-corrected chi connectivity index (χ1v) is 7.89. The zero-order valence-corrected chi connectivity index (χ0v) is 13.6. The Hall–Kier alpha value is -1.36. The van der Waals surface area contributed by atoms with Crippen LogP contribution in [0.25, 0.3) is 6.08 Å². The number of rotatable bonds is 8. The molecule has 1 aliphatic heterocycles. The van der Waals surface area contributed by atoms with Crippen LogP contribution in [0.5, 0.6) is 0 Å². The molecule has 0 N–H and O–H groups in total. The van der Waals surface area contributed by atoms with Crippen molar-refractivity contribution in [3.05, 3.63) is 40.4 Å². The average molecular weight is 325 g/mol. The maximum Gasteiger partial charge on any atom is 0.330 e. The highest BCUT2D eigenvalue weighted by Crippen LogP contribution is 2.31. The molecule has 22 heavy (non-hydrogen) atoms. The Morgan fingerprint density at radius 1 is 1.50 bits per heavy atom. The van der Waals surface area contributed by atoms with Crippen LogP contribution in [0.3, 0.4) is 0 Å². The van der Waals surface area contributed by atoms with Crippen LogP contribution in [0.15, 0.2) is 24.3 Å². The summed E-state index contributed by atoms with van der Waals surface area (Å²) in [4.78, 5) is 11.5. The van der Waals surface area contributed by atoms with E-state index in [9.17, 15) is 4.79 Å². The lowest BCUT2D eigenvalue weighted by Crippen LogP contribution is -2.10. The Bertz CT molecular complexity index is 537. The smallest absolute Gasteiger partial charge is 0.330 e. The van der Waals surface area contributed by atoms with Crippen molar-refractivity contribution in [2.45, 2.75) is 32.5 Å². The van der Waals surface area contributed by atoms with Crippen molar-refractivity contribution < 1.29 is 19.0 Å². The molecule has 2 rings (SSSR count). The van der Waals surface area contributed by atoms with Crippen LogP contribution in [0.2, 0.25) is 5.02 Å². The van der Waals surface area contributed by atoms with Gasteiger partial charge in [-0.25, -0.2) is 4.79 Å². The number of hydrogen-bond donors (Lipinski definition) is 0. The van der Waals surface area contributed by atoms with Crippen LogP contribution < -0.4 is 0 Å². The lowest BCUT2D eigenvalue weighted by atomic mass is 10.00. The van der Waals surface area contributed by atoms with E-state index in [0.717, 1.165) is 24.2 Å². The van der Waals surface area contributed by atoms with Gasteiger partial charge in [-0.15, -0.1) is 0 Å². The largest absolute Gasteiger partial charge is 0.463 e. The van der Waals surface area contributed by atoms with Crippen LogP contribution in [0.4, 0.5) is 0 Å². The molecule has 0 saturated carbocycles. The van der Waals surface area contributed by atoms with Gasteiger partial charge in [0.25, 0.3) is 0 Å². The van der Waals surface area contributed by atoms with E-state index in [1.54, 1.807) is 19.1 Å². The van der Waals surface area contributed by atoms with Crippen molar-refractivity contribution in [1.29, 1.82) is 0 Å². The molecule has 0 aliphatic carbocycles. The molecular weight excluding hydrogens is 304 g/mol. The molecule has 2 atom stereocenters. The second-order valence-electron chi connectivity index (χ2n) is 5.01. The molecule has 0 bridgehead atoms. The SMILES string of the molecule is CCOC(=O)C=Cc1c(Cl)cccc1[C@@H](CC)OC[C@H]1CO1. The van der Waals surface area contributed by atoms with Crippen LogP contribution >= 0.6 is 11.6 Å². The highest BCUT2D eigenvalue weighted by molar-refractivity contribution is 6.32. The van der Waals surface area contributed by atoms with Gasteiger partial charge in [-0.3, -0.25) is 0 Å². The van der Waals surface area contributed by atoms with Gasteiger partial charge in [0.15, 0.2) is 0 Å². The van der Waals surface area contributed by atoms with Gasteiger partial charge in [0.1, 0.15) is 6.10 Å². The summed E-state index contributed by atoms with van der Waals surface area (Å²) >= 11 is 6.28. The van der Waals surface area contributed by atoms with Crippen molar-refractivity contribution in [3.8, 4) is 0 Å². The number of halogens is 1. The summed E-state index contributed by atoms with van der Waals surface area (Å²) in [5.41, 5.74) is 1.76. The third kappa shape index (κ3) is 4.83. The molecular formula is C17H21ClO4. The van der Waals surface area contributed by atoms with E-state index in [0.29, 0.717) is 18.2 Å². The van der Waals surface area contributed by atoms with Crippen molar-refractivity contribution in [2.75, 3.05) is 19.8 Å². The third-order valence-electron chi connectivity index (χ3n) is 3.36. The lowest BCUT2D eigenvalue weighted by molar-refractivity contribution is -0.137. The van der Waals surface area contributed by atoms with Gasteiger partial charge in [0.2, 0.25) is 0 Å². The summed E-state index contributed by atoms with van der Waals surface area (Å²) in [6.07, 6.45) is 4.03. The normalized spacial score (nSPS) is 18.4. The molecule has 1 saturated heterocycles. The third-order valence-corrected chi connectivity index (χ3v) is 3.69. The zero-order chi connectivity index (χ0) is 15.9. The fourth-order valence-corrected chi connectivity index (χ4v) is 2.41. The maximum absolute atomic E-state index is 11.5. The molecule has 5 heteroatoms. The molecule has 1 aromatic rings. The van der Waals surface area contributed by atoms with Gasteiger partial charge in [-0.1, -0.05) is 30.7 Å². The van der Waals surface area contributed by atoms with Gasteiger partial charge in [-0.2, -0.15) is 0 Å². The monoisotopic (exact) mass is 324 g/mol. The molecule has 0 unspecified atom stereocenters. The number of hydrogen-bond acceptors (Lipinski definition) is 4. The van der Waals surface area contributed by atoms with Crippen LogP contribution in [0.1, 0.15) is 37.5 Å². The summed E-state index contributed by atoms with van der Waals surface area (Å²) in [5.74, 6) is -0.381. The van der Waals surface area contributed by atoms with Crippen LogP contribution in [-0.2, 0) is 19.0 Å². The Morgan fingerprint density at radius 2 is 2.27 bits per heavy atom. The van der Waals surface area contributed by atoms with Crippen molar-refractivity contribution in [1.82, 2.24) is 0 Å². The second-order valence-corrected chi connectivity index (χ2v) is 5.42. The molecule has 120 valence electrons. The first-order valence-electron chi connectivity index (χ1n) is 7.52. The van der Waals surface area contributed by atoms with Crippen molar-refractivity contribution in [3.63, 3.8) is 0 Å². The van der Waals surface area contributed by atoms with Gasteiger partial charge in [0, 0.05) is 11.1 Å². The van der Waals surface area contributed by atoms with Gasteiger partial charge < -0.3 is 14.2 Å². The minimum atomic E-state index is -0.381. The molecule has 4 nitrogen and oxygen atoms in total. The Morgan fingerprint density at radius 3 is 2.91 bits per heavy atom. The fraction of sp³-hybridized carbons (Fsp3) is 0.471. The number of benzene rings is 1. The van der Waals surface area contributed by atoms with E-state index in [2.05, 4.69) is 6.92 Å².